The Hall–Kier alpha value is -0.960. The number of hydrogen-bond acceptors (Lipinski definition) is 1. The summed E-state index contributed by atoms with van der Waals surface area (Å²) in [5, 5.41) is 3.06. The molecule has 0 spiro atoms. The van der Waals surface area contributed by atoms with Crippen molar-refractivity contribution in [2.45, 2.75) is 32.7 Å². The molecule has 1 nitrogen and oxygen atoms in total. The van der Waals surface area contributed by atoms with Crippen molar-refractivity contribution in [3.8, 4) is 0 Å². The molecule has 0 fully saturated rings. The van der Waals surface area contributed by atoms with Crippen molar-refractivity contribution in [2.75, 3.05) is 7.05 Å². The number of halogens is 2. The predicted octanol–water partition coefficient (Wildman–Crippen LogP) is 3.66. The summed E-state index contributed by atoms with van der Waals surface area (Å²) in [4.78, 5) is 0. The second kappa shape index (κ2) is 5.94. The highest BCUT2D eigenvalue weighted by atomic mass is 19.1. The summed E-state index contributed by atoms with van der Waals surface area (Å²) in [5.74, 6) is -0.449. The number of rotatable bonds is 5. The van der Waals surface area contributed by atoms with Gasteiger partial charge in [0.15, 0.2) is 0 Å². The number of benzene rings is 1. The van der Waals surface area contributed by atoms with E-state index in [-0.39, 0.29) is 23.6 Å². The maximum absolute atomic E-state index is 13.6. The zero-order valence-electron chi connectivity index (χ0n) is 10.1. The third kappa shape index (κ3) is 3.01. The molecule has 1 rings (SSSR count). The Morgan fingerprint density at radius 1 is 1.31 bits per heavy atom. The molecule has 0 aromatic heterocycles. The Kier molecular flexibility index (Phi) is 4.87. The molecule has 3 heteroatoms. The largest absolute Gasteiger partial charge is 0.313 e. The van der Waals surface area contributed by atoms with Crippen LogP contribution in [0.25, 0.3) is 0 Å². The average molecular weight is 227 g/mol. The van der Waals surface area contributed by atoms with Gasteiger partial charge in [0.25, 0.3) is 0 Å². The summed E-state index contributed by atoms with van der Waals surface area (Å²) in [6.45, 7) is 4.14. The summed E-state index contributed by atoms with van der Waals surface area (Å²) >= 11 is 0. The van der Waals surface area contributed by atoms with Gasteiger partial charge in [-0.3, -0.25) is 0 Å². The summed E-state index contributed by atoms with van der Waals surface area (Å²) in [6.07, 6.45) is 2.03. The molecule has 2 unspecified atom stereocenters. The van der Waals surface area contributed by atoms with Crippen LogP contribution in [0.4, 0.5) is 8.78 Å². The number of nitrogens with one attached hydrogen (secondary N) is 1. The fraction of sp³-hybridized carbons (Fsp3) is 0.538. The van der Waals surface area contributed by atoms with Crippen LogP contribution in [0, 0.1) is 17.6 Å². The fourth-order valence-electron chi connectivity index (χ4n) is 2.12. The zero-order valence-corrected chi connectivity index (χ0v) is 10.1. The first kappa shape index (κ1) is 13.1. The molecule has 0 saturated carbocycles. The Labute approximate surface area is 95.9 Å². The van der Waals surface area contributed by atoms with E-state index in [1.165, 1.54) is 12.1 Å². The molecular formula is C13H19F2N. The van der Waals surface area contributed by atoms with Crippen LogP contribution in [0.1, 0.15) is 38.3 Å². The summed E-state index contributed by atoms with van der Waals surface area (Å²) in [6, 6.07) is 3.49. The normalized spacial score (nSPS) is 14.8. The second-order valence-corrected chi connectivity index (χ2v) is 4.20. The second-order valence-electron chi connectivity index (χ2n) is 4.20. The third-order valence-electron chi connectivity index (χ3n) is 2.92. The van der Waals surface area contributed by atoms with Crippen molar-refractivity contribution >= 4 is 0 Å². The van der Waals surface area contributed by atoms with Crippen LogP contribution in [0.3, 0.4) is 0 Å². The van der Waals surface area contributed by atoms with Crippen LogP contribution in [0.15, 0.2) is 18.2 Å². The van der Waals surface area contributed by atoms with Crippen LogP contribution in [0.5, 0.6) is 0 Å². The van der Waals surface area contributed by atoms with Gasteiger partial charge >= 0.3 is 0 Å². The molecule has 1 aromatic rings. The summed E-state index contributed by atoms with van der Waals surface area (Å²) in [7, 11) is 1.78. The van der Waals surface area contributed by atoms with Crippen LogP contribution in [-0.4, -0.2) is 7.05 Å². The molecule has 0 aliphatic heterocycles. The molecule has 1 aromatic carbocycles. The van der Waals surface area contributed by atoms with Gasteiger partial charge in [0, 0.05) is 11.6 Å². The van der Waals surface area contributed by atoms with Crippen LogP contribution in [0.2, 0.25) is 0 Å². The molecule has 0 aliphatic rings. The van der Waals surface area contributed by atoms with E-state index < -0.39 is 0 Å². The highest BCUT2D eigenvalue weighted by Crippen LogP contribution is 2.27. The number of hydrogen-bond donors (Lipinski definition) is 1. The fourth-order valence-corrected chi connectivity index (χ4v) is 2.12. The first-order valence-corrected chi connectivity index (χ1v) is 5.72. The molecule has 90 valence electrons. The van der Waals surface area contributed by atoms with Crippen molar-refractivity contribution in [3.63, 3.8) is 0 Å². The van der Waals surface area contributed by atoms with E-state index in [4.69, 9.17) is 0 Å². The van der Waals surface area contributed by atoms with Crippen LogP contribution in [-0.2, 0) is 0 Å². The molecular weight excluding hydrogens is 208 g/mol. The summed E-state index contributed by atoms with van der Waals surface area (Å²) in [5.41, 5.74) is 0.420. The monoisotopic (exact) mass is 227 g/mol. The van der Waals surface area contributed by atoms with Gasteiger partial charge in [0.05, 0.1) is 0 Å². The Bertz CT molecular complexity index is 339. The minimum Gasteiger partial charge on any atom is -0.313 e. The topological polar surface area (TPSA) is 12.0 Å². The van der Waals surface area contributed by atoms with Gasteiger partial charge < -0.3 is 5.32 Å². The van der Waals surface area contributed by atoms with E-state index in [9.17, 15) is 8.78 Å². The van der Waals surface area contributed by atoms with E-state index in [2.05, 4.69) is 19.2 Å². The Balaban J connectivity index is 2.98. The van der Waals surface area contributed by atoms with Gasteiger partial charge in [0.2, 0.25) is 0 Å². The highest BCUT2D eigenvalue weighted by Gasteiger charge is 2.20. The molecule has 16 heavy (non-hydrogen) atoms. The first-order valence-electron chi connectivity index (χ1n) is 5.72. The van der Waals surface area contributed by atoms with Crippen molar-refractivity contribution in [1.29, 1.82) is 0 Å². The van der Waals surface area contributed by atoms with E-state index in [1.807, 2.05) is 0 Å². The maximum Gasteiger partial charge on any atom is 0.128 e. The summed E-state index contributed by atoms with van der Waals surface area (Å²) < 4.78 is 26.7. The Morgan fingerprint density at radius 3 is 2.56 bits per heavy atom. The van der Waals surface area contributed by atoms with E-state index >= 15 is 0 Å². The maximum atomic E-state index is 13.6. The molecule has 0 radical (unpaired) electrons. The lowest BCUT2D eigenvalue weighted by Gasteiger charge is -2.24. The zero-order chi connectivity index (χ0) is 12.1. The van der Waals surface area contributed by atoms with E-state index in [1.54, 1.807) is 7.05 Å². The quantitative estimate of drug-likeness (QED) is 0.809. The standard InChI is InChI=1S/C13H19F2N/c1-4-5-9(2)13(16-3)11-8-10(14)6-7-12(11)15/h6-9,13,16H,4-5H2,1-3H3. The predicted molar refractivity (Wildman–Crippen MR) is 62.2 cm³/mol. The lowest BCUT2D eigenvalue weighted by atomic mass is 9.91. The molecule has 2 atom stereocenters. The molecule has 0 heterocycles. The lowest BCUT2D eigenvalue weighted by molar-refractivity contribution is 0.371. The van der Waals surface area contributed by atoms with Gasteiger partial charge in [-0.1, -0.05) is 20.3 Å². The molecule has 0 bridgehead atoms. The first-order chi connectivity index (χ1) is 7.60. The smallest absolute Gasteiger partial charge is 0.128 e. The van der Waals surface area contributed by atoms with Gasteiger partial charge in [0.1, 0.15) is 11.6 Å². The van der Waals surface area contributed by atoms with Crippen LogP contribution >= 0.6 is 0 Å². The van der Waals surface area contributed by atoms with Crippen molar-refractivity contribution < 1.29 is 8.78 Å². The van der Waals surface area contributed by atoms with E-state index in [0.29, 0.717) is 5.56 Å². The van der Waals surface area contributed by atoms with E-state index in [0.717, 1.165) is 18.9 Å². The van der Waals surface area contributed by atoms with Gasteiger partial charge in [-0.15, -0.1) is 0 Å². The molecule has 0 amide bonds. The molecule has 1 N–H and O–H groups in total. The van der Waals surface area contributed by atoms with Crippen molar-refractivity contribution in [3.05, 3.63) is 35.4 Å². The van der Waals surface area contributed by atoms with Gasteiger partial charge in [-0.2, -0.15) is 0 Å². The van der Waals surface area contributed by atoms with Crippen LogP contribution < -0.4 is 5.32 Å². The minimum absolute atomic E-state index is 0.129. The Morgan fingerprint density at radius 2 is 2.00 bits per heavy atom. The molecule has 0 saturated heterocycles. The van der Waals surface area contributed by atoms with Crippen molar-refractivity contribution in [1.82, 2.24) is 5.32 Å². The van der Waals surface area contributed by atoms with Crippen molar-refractivity contribution in [2.24, 2.45) is 5.92 Å². The average Bonchev–Trinajstić information content (AvgIpc) is 2.24. The SMILES string of the molecule is CCCC(C)C(NC)c1cc(F)ccc1F. The van der Waals surface area contributed by atoms with Gasteiger partial charge in [-0.05, 0) is 37.6 Å². The third-order valence-corrected chi connectivity index (χ3v) is 2.92. The molecule has 0 aliphatic carbocycles. The lowest BCUT2D eigenvalue weighted by Crippen LogP contribution is -2.24. The highest BCUT2D eigenvalue weighted by molar-refractivity contribution is 5.22. The van der Waals surface area contributed by atoms with Gasteiger partial charge in [-0.25, -0.2) is 8.78 Å². The minimum atomic E-state index is -0.389.